The van der Waals surface area contributed by atoms with Gasteiger partial charge in [0.05, 0.1) is 22.4 Å². The minimum atomic E-state index is -0.326. The molecular formula is C14H13N3O2S. The van der Waals surface area contributed by atoms with Gasteiger partial charge in [0.15, 0.2) is 0 Å². The number of hydrogen-bond acceptors (Lipinski definition) is 5. The van der Waals surface area contributed by atoms with Crippen molar-refractivity contribution in [3.05, 3.63) is 47.7 Å². The summed E-state index contributed by atoms with van der Waals surface area (Å²) in [5, 5.41) is 6.04. The largest absolute Gasteiger partial charge is 0.462 e. The van der Waals surface area contributed by atoms with Gasteiger partial charge < -0.3 is 4.74 Å². The number of esters is 1. The van der Waals surface area contributed by atoms with Crippen LogP contribution < -0.4 is 0 Å². The highest BCUT2D eigenvalue weighted by atomic mass is 32.1. The summed E-state index contributed by atoms with van der Waals surface area (Å²) in [6.45, 7) is 1.11. The highest BCUT2D eigenvalue weighted by Gasteiger charge is 2.09. The fourth-order valence-electron chi connectivity index (χ4n) is 1.87. The third kappa shape index (κ3) is 2.85. The van der Waals surface area contributed by atoms with Crippen LogP contribution in [0.15, 0.2) is 42.2 Å². The molecule has 0 aliphatic heterocycles. The van der Waals surface area contributed by atoms with Crippen molar-refractivity contribution >= 4 is 27.5 Å². The average Bonchev–Trinajstić information content (AvgIpc) is 3.13. The zero-order chi connectivity index (χ0) is 13.8. The minimum absolute atomic E-state index is 0.326. The molecule has 0 unspecified atom stereocenters. The Labute approximate surface area is 119 Å². The van der Waals surface area contributed by atoms with Crippen LogP contribution in [0.3, 0.4) is 0 Å². The number of ether oxygens (including phenoxy) is 1. The van der Waals surface area contributed by atoms with Crippen LogP contribution in [0.5, 0.6) is 0 Å². The lowest BCUT2D eigenvalue weighted by atomic mass is 10.3. The molecule has 0 aromatic carbocycles. The summed E-state index contributed by atoms with van der Waals surface area (Å²) >= 11 is 1.56. The standard InChI is InChI=1S/C14H13N3O2S/c18-14(19-7-2-6-17-5-1-4-16-17)11-9-13-12(15-10-11)3-8-20-13/h1,3-5,8-10H,2,6-7H2. The average molecular weight is 287 g/mol. The van der Waals surface area contributed by atoms with Gasteiger partial charge in [-0.1, -0.05) is 0 Å². The second kappa shape index (κ2) is 5.83. The molecule has 0 radical (unpaired) electrons. The van der Waals surface area contributed by atoms with Crippen LogP contribution in [-0.2, 0) is 11.3 Å². The second-order valence-corrected chi connectivity index (χ2v) is 5.23. The molecule has 20 heavy (non-hydrogen) atoms. The first-order valence-corrected chi connectivity index (χ1v) is 7.19. The molecule has 102 valence electrons. The Hall–Kier alpha value is -2.21. The third-order valence-corrected chi connectivity index (χ3v) is 3.72. The number of pyridine rings is 1. The fourth-order valence-corrected chi connectivity index (χ4v) is 2.65. The Bertz CT molecular complexity index is 706. The highest BCUT2D eigenvalue weighted by Crippen LogP contribution is 2.19. The van der Waals surface area contributed by atoms with Crippen LogP contribution in [0.4, 0.5) is 0 Å². The van der Waals surface area contributed by atoms with Crippen molar-refractivity contribution in [3.63, 3.8) is 0 Å². The SMILES string of the molecule is O=C(OCCCn1cccn1)c1cnc2ccsc2c1. The van der Waals surface area contributed by atoms with Gasteiger partial charge in [0, 0.05) is 31.6 Å². The lowest BCUT2D eigenvalue weighted by Gasteiger charge is -2.05. The van der Waals surface area contributed by atoms with E-state index in [1.807, 2.05) is 34.5 Å². The quantitative estimate of drug-likeness (QED) is 0.535. The molecule has 3 aromatic rings. The van der Waals surface area contributed by atoms with Crippen LogP contribution in [0.1, 0.15) is 16.8 Å². The maximum Gasteiger partial charge on any atom is 0.339 e. The molecule has 0 bridgehead atoms. The smallest absolute Gasteiger partial charge is 0.339 e. The first-order valence-electron chi connectivity index (χ1n) is 6.31. The molecule has 0 aliphatic rings. The summed E-state index contributed by atoms with van der Waals surface area (Å²) in [5.41, 5.74) is 1.41. The van der Waals surface area contributed by atoms with E-state index < -0.39 is 0 Å². The molecule has 0 fully saturated rings. The number of fused-ring (bicyclic) bond motifs is 1. The third-order valence-electron chi connectivity index (χ3n) is 2.86. The molecule has 0 saturated heterocycles. The van der Waals surface area contributed by atoms with E-state index in [1.165, 1.54) is 0 Å². The molecule has 3 rings (SSSR count). The van der Waals surface area contributed by atoms with Gasteiger partial charge in [-0.15, -0.1) is 11.3 Å². The van der Waals surface area contributed by atoms with Gasteiger partial charge in [-0.2, -0.15) is 5.10 Å². The summed E-state index contributed by atoms with van der Waals surface area (Å²) in [4.78, 5) is 16.1. The second-order valence-electron chi connectivity index (χ2n) is 4.29. The van der Waals surface area contributed by atoms with Crippen molar-refractivity contribution in [2.75, 3.05) is 6.61 Å². The van der Waals surface area contributed by atoms with E-state index in [0.29, 0.717) is 12.2 Å². The zero-order valence-electron chi connectivity index (χ0n) is 10.7. The molecule has 0 amide bonds. The maximum absolute atomic E-state index is 11.9. The number of nitrogens with zero attached hydrogens (tertiary/aromatic N) is 3. The zero-order valence-corrected chi connectivity index (χ0v) is 11.5. The van der Waals surface area contributed by atoms with Gasteiger partial charge in [-0.3, -0.25) is 9.67 Å². The van der Waals surface area contributed by atoms with Crippen LogP contribution >= 0.6 is 11.3 Å². The number of rotatable bonds is 5. The molecule has 0 atom stereocenters. The van der Waals surface area contributed by atoms with E-state index in [0.717, 1.165) is 23.2 Å². The Morgan fingerprint density at radius 2 is 2.40 bits per heavy atom. The topological polar surface area (TPSA) is 57.0 Å². The van der Waals surface area contributed by atoms with Crippen molar-refractivity contribution in [1.29, 1.82) is 0 Å². The van der Waals surface area contributed by atoms with Gasteiger partial charge in [-0.25, -0.2) is 4.79 Å². The lowest BCUT2D eigenvalue weighted by molar-refractivity contribution is 0.0494. The summed E-state index contributed by atoms with van der Waals surface area (Å²) < 4.78 is 8.05. The maximum atomic E-state index is 11.9. The van der Waals surface area contributed by atoms with Crippen molar-refractivity contribution in [3.8, 4) is 0 Å². The summed E-state index contributed by atoms with van der Waals surface area (Å²) in [7, 11) is 0. The lowest BCUT2D eigenvalue weighted by Crippen LogP contribution is -2.09. The normalized spacial score (nSPS) is 10.8. The molecule has 5 nitrogen and oxygen atoms in total. The fraction of sp³-hybridized carbons (Fsp3) is 0.214. The summed E-state index contributed by atoms with van der Waals surface area (Å²) in [6, 6.07) is 5.62. The van der Waals surface area contributed by atoms with Crippen LogP contribution in [0.25, 0.3) is 10.2 Å². The van der Waals surface area contributed by atoms with Gasteiger partial charge >= 0.3 is 5.97 Å². The first-order chi connectivity index (χ1) is 9.83. The van der Waals surface area contributed by atoms with E-state index in [2.05, 4.69) is 10.1 Å². The molecule has 3 aromatic heterocycles. The molecule has 0 N–H and O–H groups in total. The Balaban J connectivity index is 1.53. The molecule has 3 heterocycles. The van der Waals surface area contributed by atoms with E-state index in [-0.39, 0.29) is 5.97 Å². The molecule has 0 aliphatic carbocycles. The molecule has 0 saturated carbocycles. The minimum Gasteiger partial charge on any atom is -0.462 e. The predicted octanol–water partition coefficient (Wildman–Crippen LogP) is 2.74. The highest BCUT2D eigenvalue weighted by molar-refractivity contribution is 7.17. The van der Waals surface area contributed by atoms with Crippen molar-refractivity contribution in [2.24, 2.45) is 0 Å². The number of hydrogen-bond donors (Lipinski definition) is 0. The van der Waals surface area contributed by atoms with E-state index in [1.54, 1.807) is 23.7 Å². The number of carbonyl (C=O) groups is 1. The summed E-state index contributed by atoms with van der Waals surface area (Å²) in [5.74, 6) is -0.326. The van der Waals surface area contributed by atoms with E-state index in [9.17, 15) is 4.79 Å². The monoisotopic (exact) mass is 287 g/mol. The van der Waals surface area contributed by atoms with Crippen LogP contribution in [0.2, 0.25) is 0 Å². The van der Waals surface area contributed by atoms with Gasteiger partial charge in [0.1, 0.15) is 0 Å². The summed E-state index contributed by atoms with van der Waals surface area (Å²) in [6.07, 6.45) is 5.91. The van der Waals surface area contributed by atoms with Gasteiger partial charge in [0.25, 0.3) is 0 Å². The van der Waals surface area contributed by atoms with Crippen molar-refractivity contribution in [2.45, 2.75) is 13.0 Å². The number of aryl methyl sites for hydroxylation is 1. The molecule has 0 spiro atoms. The Morgan fingerprint density at radius 3 is 3.25 bits per heavy atom. The number of carbonyl (C=O) groups excluding carboxylic acids is 1. The van der Waals surface area contributed by atoms with E-state index in [4.69, 9.17) is 4.74 Å². The number of aromatic nitrogens is 3. The van der Waals surface area contributed by atoms with Crippen LogP contribution in [-0.4, -0.2) is 27.3 Å². The van der Waals surface area contributed by atoms with Crippen molar-refractivity contribution < 1.29 is 9.53 Å². The van der Waals surface area contributed by atoms with Crippen LogP contribution in [0, 0.1) is 0 Å². The van der Waals surface area contributed by atoms with E-state index >= 15 is 0 Å². The first kappa shape index (κ1) is 12.8. The molecular weight excluding hydrogens is 274 g/mol. The predicted molar refractivity (Wildman–Crippen MR) is 76.7 cm³/mol. The molecule has 6 heteroatoms. The van der Waals surface area contributed by atoms with Gasteiger partial charge in [-0.05, 0) is 23.6 Å². The van der Waals surface area contributed by atoms with Gasteiger partial charge in [0.2, 0.25) is 0 Å². The number of thiophene rings is 1. The van der Waals surface area contributed by atoms with Crippen molar-refractivity contribution in [1.82, 2.24) is 14.8 Å². The Kier molecular flexibility index (Phi) is 3.73. The Morgan fingerprint density at radius 1 is 1.45 bits per heavy atom.